The monoisotopic (exact) mass is 304 g/mol. The first kappa shape index (κ1) is 15.3. The minimum atomic E-state index is 0.00906. The molecule has 0 spiro atoms. The number of thioether (sulfide) groups is 1. The maximum atomic E-state index is 12.0. The molecule has 0 amide bonds. The summed E-state index contributed by atoms with van der Waals surface area (Å²) < 4.78 is 10.4. The smallest absolute Gasteiger partial charge is 0.173 e. The van der Waals surface area contributed by atoms with Gasteiger partial charge < -0.3 is 14.6 Å². The molecule has 0 fully saturated rings. The first-order valence-corrected chi connectivity index (χ1v) is 7.29. The highest BCUT2D eigenvalue weighted by Crippen LogP contribution is 2.32. The Labute approximate surface area is 127 Å². The van der Waals surface area contributed by atoms with Gasteiger partial charge in [-0.25, -0.2) is 0 Å². The van der Waals surface area contributed by atoms with E-state index in [4.69, 9.17) is 9.47 Å². The van der Waals surface area contributed by atoms with Crippen molar-refractivity contribution >= 4 is 17.5 Å². The Morgan fingerprint density at radius 2 is 1.71 bits per heavy atom. The molecule has 5 heteroatoms. The van der Waals surface area contributed by atoms with Gasteiger partial charge in [0.25, 0.3) is 0 Å². The standard InChI is InChI=1S/C16H16O4S/c1-19-15-8-7-13(9-16(15)20-2)21-10-14(18)11-3-5-12(17)6-4-11/h3-9,17H,10H2,1-2H3. The molecule has 21 heavy (non-hydrogen) atoms. The number of carbonyl (C=O) groups excluding carboxylic acids is 1. The molecule has 0 bridgehead atoms. The molecule has 0 saturated carbocycles. The van der Waals surface area contributed by atoms with Gasteiger partial charge in [0.15, 0.2) is 17.3 Å². The van der Waals surface area contributed by atoms with Crippen LogP contribution in [-0.2, 0) is 0 Å². The van der Waals surface area contributed by atoms with E-state index in [0.29, 0.717) is 22.8 Å². The molecule has 0 aromatic heterocycles. The Morgan fingerprint density at radius 3 is 2.33 bits per heavy atom. The van der Waals surface area contributed by atoms with Gasteiger partial charge in [-0.15, -0.1) is 11.8 Å². The molecular weight excluding hydrogens is 288 g/mol. The molecule has 4 nitrogen and oxygen atoms in total. The number of benzene rings is 2. The number of rotatable bonds is 6. The molecule has 0 heterocycles. The molecular formula is C16H16O4S. The second-order valence-electron chi connectivity index (χ2n) is 4.28. The minimum absolute atomic E-state index is 0.00906. The lowest BCUT2D eigenvalue weighted by Crippen LogP contribution is -2.01. The lowest BCUT2D eigenvalue weighted by atomic mass is 10.1. The van der Waals surface area contributed by atoms with E-state index < -0.39 is 0 Å². The highest BCUT2D eigenvalue weighted by molar-refractivity contribution is 8.00. The van der Waals surface area contributed by atoms with E-state index in [1.807, 2.05) is 18.2 Å². The van der Waals surface area contributed by atoms with Gasteiger partial charge in [-0.1, -0.05) is 0 Å². The van der Waals surface area contributed by atoms with E-state index >= 15 is 0 Å². The fourth-order valence-corrected chi connectivity index (χ4v) is 2.60. The highest BCUT2D eigenvalue weighted by atomic mass is 32.2. The summed E-state index contributed by atoms with van der Waals surface area (Å²) in [6.45, 7) is 0. The number of aromatic hydroxyl groups is 1. The van der Waals surface area contributed by atoms with Crippen LogP contribution < -0.4 is 9.47 Å². The molecule has 0 aliphatic heterocycles. The number of Topliss-reactive ketones (excluding diaryl/α,β-unsaturated/α-hetero) is 1. The van der Waals surface area contributed by atoms with Gasteiger partial charge in [-0.2, -0.15) is 0 Å². The average molecular weight is 304 g/mol. The van der Waals surface area contributed by atoms with Crippen molar-refractivity contribution in [1.29, 1.82) is 0 Å². The fraction of sp³-hybridized carbons (Fsp3) is 0.188. The van der Waals surface area contributed by atoms with Crippen molar-refractivity contribution in [3.8, 4) is 17.2 Å². The van der Waals surface area contributed by atoms with E-state index in [1.165, 1.54) is 23.9 Å². The van der Waals surface area contributed by atoms with Crippen LogP contribution in [0.2, 0.25) is 0 Å². The number of carbonyl (C=O) groups is 1. The van der Waals surface area contributed by atoms with E-state index in [0.717, 1.165) is 4.90 Å². The summed E-state index contributed by atoms with van der Waals surface area (Å²) in [6, 6.07) is 11.8. The Morgan fingerprint density at radius 1 is 1.05 bits per heavy atom. The largest absolute Gasteiger partial charge is 0.508 e. The summed E-state index contributed by atoms with van der Waals surface area (Å²) >= 11 is 1.43. The molecule has 0 radical (unpaired) electrons. The van der Waals surface area contributed by atoms with Gasteiger partial charge in [-0.05, 0) is 42.5 Å². The lowest BCUT2D eigenvalue weighted by molar-refractivity contribution is 0.102. The highest BCUT2D eigenvalue weighted by Gasteiger charge is 2.09. The molecule has 0 aliphatic rings. The average Bonchev–Trinajstić information content (AvgIpc) is 2.52. The number of hydrogen-bond donors (Lipinski definition) is 1. The number of methoxy groups -OCH3 is 2. The quantitative estimate of drug-likeness (QED) is 0.655. The van der Waals surface area contributed by atoms with E-state index in [-0.39, 0.29) is 11.5 Å². The van der Waals surface area contributed by atoms with Crippen molar-refractivity contribution < 1.29 is 19.4 Å². The third-order valence-electron chi connectivity index (χ3n) is 2.91. The van der Waals surface area contributed by atoms with Crippen LogP contribution in [0.5, 0.6) is 17.2 Å². The number of phenols is 1. The second kappa shape index (κ2) is 7.04. The zero-order valence-corrected chi connectivity index (χ0v) is 12.6. The van der Waals surface area contributed by atoms with E-state index in [1.54, 1.807) is 26.4 Å². The second-order valence-corrected chi connectivity index (χ2v) is 5.32. The predicted octanol–water partition coefficient (Wildman–Crippen LogP) is 3.38. The molecule has 0 saturated heterocycles. The van der Waals surface area contributed by atoms with E-state index in [9.17, 15) is 9.90 Å². The van der Waals surface area contributed by atoms with Crippen molar-refractivity contribution in [2.75, 3.05) is 20.0 Å². The maximum absolute atomic E-state index is 12.0. The van der Waals surface area contributed by atoms with Crippen molar-refractivity contribution in [3.05, 3.63) is 48.0 Å². The Balaban J connectivity index is 2.02. The summed E-state index contributed by atoms with van der Waals surface area (Å²) in [5, 5.41) is 9.21. The van der Waals surface area contributed by atoms with Crippen molar-refractivity contribution in [3.63, 3.8) is 0 Å². The molecule has 1 N–H and O–H groups in total. The van der Waals surface area contributed by atoms with Crippen molar-refractivity contribution in [2.45, 2.75) is 4.90 Å². The van der Waals surface area contributed by atoms with Crippen molar-refractivity contribution in [1.82, 2.24) is 0 Å². The summed E-state index contributed by atoms with van der Waals surface area (Å²) in [5.41, 5.74) is 0.584. The van der Waals surface area contributed by atoms with Gasteiger partial charge in [-0.3, -0.25) is 4.79 Å². The number of ketones is 1. The lowest BCUT2D eigenvalue weighted by Gasteiger charge is -2.09. The van der Waals surface area contributed by atoms with Crippen LogP contribution in [0.1, 0.15) is 10.4 Å². The SMILES string of the molecule is COc1ccc(SCC(=O)c2ccc(O)cc2)cc1OC. The Hall–Kier alpha value is -2.14. The first-order valence-electron chi connectivity index (χ1n) is 6.31. The van der Waals surface area contributed by atoms with Crippen LogP contribution in [-0.4, -0.2) is 30.9 Å². The first-order chi connectivity index (χ1) is 10.1. The minimum Gasteiger partial charge on any atom is -0.508 e. The summed E-state index contributed by atoms with van der Waals surface area (Å²) in [5.74, 6) is 1.78. The molecule has 0 aliphatic carbocycles. The van der Waals surface area contributed by atoms with Gasteiger partial charge in [0.2, 0.25) is 0 Å². The van der Waals surface area contributed by atoms with Crippen LogP contribution in [0.4, 0.5) is 0 Å². The molecule has 0 atom stereocenters. The van der Waals surface area contributed by atoms with Crippen LogP contribution >= 0.6 is 11.8 Å². The molecule has 2 aromatic rings. The molecule has 2 rings (SSSR count). The zero-order valence-electron chi connectivity index (χ0n) is 11.8. The third-order valence-corrected chi connectivity index (χ3v) is 3.91. The fourth-order valence-electron chi connectivity index (χ4n) is 1.79. The Bertz CT molecular complexity index is 623. The van der Waals surface area contributed by atoms with Crippen molar-refractivity contribution in [2.24, 2.45) is 0 Å². The third kappa shape index (κ3) is 3.92. The summed E-state index contributed by atoms with van der Waals surface area (Å²) in [4.78, 5) is 13.0. The van der Waals surface area contributed by atoms with Gasteiger partial charge in [0.05, 0.1) is 20.0 Å². The normalized spacial score (nSPS) is 10.2. The number of hydrogen-bond acceptors (Lipinski definition) is 5. The van der Waals surface area contributed by atoms with Crippen LogP contribution in [0, 0.1) is 0 Å². The maximum Gasteiger partial charge on any atom is 0.173 e. The van der Waals surface area contributed by atoms with E-state index in [2.05, 4.69) is 0 Å². The van der Waals surface area contributed by atoms with Gasteiger partial charge in [0, 0.05) is 10.5 Å². The molecule has 0 unspecified atom stereocenters. The Kier molecular flexibility index (Phi) is 5.11. The topological polar surface area (TPSA) is 55.8 Å². The predicted molar refractivity (Wildman–Crippen MR) is 82.7 cm³/mol. The summed E-state index contributed by atoms with van der Waals surface area (Å²) in [7, 11) is 3.16. The number of ether oxygens (including phenoxy) is 2. The number of phenolic OH excluding ortho intramolecular Hbond substituents is 1. The van der Waals surface area contributed by atoms with Gasteiger partial charge in [0.1, 0.15) is 5.75 Å². The van der Waals surface area contributed by atoms with Crippen LogP contribution in [0.25, 0.3) is 0 Å². The van der Waals surface area contributed by atoms with Crippen LogP contribution in [0.3, 0.4) is 0 Å². The van der Waals surface area contributed by atoms with Crippen LogP contribution in [0.15, 0.2) is 47.4 Å². The summed E-state index contributed by atoms with van der Waals surface area (Å²) in [6.07, 6.45) is 0. The molecule has 110 valence electrons. The zero-order chi connectivity index (χ0) is 15.2. The van der Waals surface area contributed by atoms with Gasteiger partial charge >= 0.3 is 0 Å². The molecule has 2 aromatic carbocycles.